The molecular formula is C55H49N5O12. The topological polar surface area (TPSA) is 191 Å². The number of hydrogen-bond donors (Lipinski definition) is 1. The van der Waals surface area contributed by atoms with Crippen molar-refractivity contribution < 1.29 is 52.9 Å². The second-order valence-electron chi connectivity index (χ2n) is 18.3. The first-order valence-electron chi connectivity index (χ1n) is 23.8. The third-order valence-electron chi connectivity index (χ3n) is 14.4. The molecule has 5 heterocycles. The summed E-state index contributed by atoms with van der Waals surface area (Å²) >= 11 is 0. The summed E-state index contributed by atoms with van der Waals surface area (Å²) in [6.07, 6.45) is -1.96. The molecule has 6 aromatic carbocycles. The average Bonchev–Trinajstić information content (AvgIpc) is 4.09. The lowest BCUT2D eigenvalue weighted by Crippen LogP contribution is -2.59. The van der Waals surface area contributed by atoms with Crippen LogP contribution in [0.5, 0.6) is 17.2 Å². The van der Waals surface area contributed by atoms with Gasteiger partial charge in [0.05, 0.1) is 35.2 Å². The Balaban J connectivity index is 1.06. The molecule has 5 aliphatic heterocycles. The van der Waals surface area contributed by atoms with Crippen LogP contribution in [-0.2, 0) is 42.4 Å². The molecule has 1 spiro atoms. The van der Waals surface area contributed by atoms with Crippen LogP contribution in [0, 0.1) is 16.0 Å². The number of aliphatic hydroxyl groups is 1. The number of nitro groups is 1. The zero-order chi connectivity index (χ0) is 49.5. The van der Waals surface area contributed by atoms with Crippen molar-refractivity contribution in [3.05, 3.63) is 195 Å². The molecule has 366 valence electrons. The number of carbonyl (C=O) groups excluding carboxylic acids is 4. The van der Waals surface area contributed by atoms with Crippen molar-refractivity contribution in [2.24, 2.45) is 5.92 Å². The van der Waals surface area contributed by atoms with E-state index in [1.54, 1.807) is 47.4 Å². The highest BCUT2D eigenvalue weighted by Crippen LogP contribution is 2.66. The van der Waals surface area contributed by atoms with Crippen LogP contribution in [0.25, 0.3) is 0 Å². The van der Waals surface area contributed by atoms with E-state index in [4.69, 9.17) is 23.7 Å². The van der Waals surface area contributed by atoms with Gasteiger partial charge in [-0.05, 0) is 75.8 Å². The Kier molecular flexibility index (Phi) is 12.4. The number of hydrogen-bond acceptors (Lipinski definition) is 14. The molecule has 5 aliphatic rings. The van der Waals surface area contributed by atoms with Gasteiger partial charge in [0.25, 0.3) is 5.69 Å². The number of benzene rings is 6. The minimum Gasteiger partial charge on any atom is -0.491 e. The van der Waals surface area contributed by atoms with Crippen LogP contribution in [0.4, 0.5) is 16.2 Å². The van der Waals surface area contributed by atoms with E-state index in [1.807, 2.05) is 89.8 Å². The number of ether oxygens (including phenoxy) is 5. The van der Waals surface area contributed by atoms with E-state index < -0.39 is 64.4 Å². The lowest BCUT2D eigenvalue weighted by molar-refractivity contribution is -0.384. The molecule has 3 saturated heterocycles. The number of imide groups is 1. The Labute approximate surface area is 413 Å². The molecule has 0 aliphatic carbocycles. The fourth-order valence-corrected chi connectivity index (χ4v) is 11.3. The summed E-state index contributed by atoms with van der Waals surface area (Å²) in [6.45, 7) is 1.57. The van der Waals surface area contributed by atoms with Crippen molar-refractivity contribution in [3.63, 3.8) is 0 Å². The SMILES string of the molecule is O=C1O[C@@H](c2ccccc2)[C@@H](c2ccccc2)N2[C@@H](c3cccc(OCCO)c3)[C@]3(C(=O)N(C(=O)OCc4ccc([N+](=O)[O-])cc4)c4ccccc43)[C@@H](C(=O)N3CCN(Cc4ccc5c(c4)OCO5)CC3)[C@H]12. The molecule has 0 saturated carbocycles. The van der Waals surface area contributed by atoms with E-state index in [-0.39, 0.29) is 51.1 Å². The summed E-state index contributed by atoms with van der Waals surface area (Å²) in [5.74, 6) is -1.71. The van der Waals surface area contributed by atoms with Crippen LogP contribution in [0.15, 0.2) is 152 Å². The van der Waals surface area contributed by atoms with Crippen LogP contribution in [0.3, 0.4) is 0 Å². The van der Waals surface area contributed by atoms with E-state index >= 15 is 14.4 Å². The smallest absolute Gasteiger partial charge is 0.421 e. The highest BCUT2D eigenvalue weighted by molar-refractivity contribution is 6.23. The molecule has 0 bridgehead atoms. The molecule has 0 aromatic heterocycles. The molecular weight excluding hydrogens is 923 g/mol. The number of anilines is 1. The first kappa shape index (κ1) is 46.3. The van der Waals surface area contributed by atoms with Crippen LogP contribution in [0.2, 0.25) is 0 Å². The Morgan fingerprint density at radius 2 is 1.42 bits per heavy atom. The van der Waals surface area contributed by atoms with Gasteiger partial charge in [0.15, 0.2) is 11.5 Å². The van der Waals surface area contributed by atoms with E-state index in [0.717, 1.165) is 16.0 Å². The van der Waals surface area contributed by atoms with Crippen molar-refractivity contribution in [3.8, 4) is 17.2 Å². The third kappa shape index (κ3) is 8.04. The number of carbonyl (C=O) groups is 4. The number of non-ortho nitro benzene ring substituents is 1. The number of nitro benzene ring substituents is 1. The van der Waals surface area contributed by atoms with Gasteiger partial charge >= 0.3 is 12.1 Å². The molecule has 3 amide bonds. The van der Waals surface area contributed by atoms with Gasteiger partial charge in [-0.25, -0.2) is 9.69 Å². The number of para-hydroxylation sites is 1. The number of aliphatic hydroxyl groups excluding tert-OH is 1. The van der Waals surface area contributed by atoms with Gasteiger partial charge in [0.2, 0.25) is 18.6 Å². The molecule has 17 heteroatoms. The second-order valence-corrected chi connectivity index (χ2v) is 18.3. The molecule has 3 fully saturated rings. The number of piperazine rings is 1. The first-order chi connectivity index (χ1) is 35.1. The molecule has 17 nitrogen and oxygen atoms in total. The first-order valence-corrected chi connectivity index (χ1v) is 23.8. The third-order valence-corrected chi connectivity index (χ3v) is 14.4. The molecule has 6 aromatic rings. The molecule has 72 heavy (non-hydrogen) atoms. The standard InChI is InChI=1S/C55H49N5O12/c61-28-29-68-41-15-9-14-39(31-41)50-55(42-16-7-8-17-43(42)58(53(55)64)54(65)69-33-35-18-21-40(22-19-35)60(66)67)46(51(62)57-26-24-56(25-27-57)32-36-20-23-44-45(30-36)71-34-70-44)48-52(63)72-49(38-12-5-2-6-13-38)47(59(48)50)37-10-3-1-4-11-37/h1-23,30-31,46-50,61H,24-29,32-34H2/t46-,47-,48-,49+,50+,55-/m1/s1. The van der Waals surface area contributed by atoms with Gasteiger partial charge in [-0.1, -0.05) is 97.1 Å². The maximum Gasteiger partial charge on any atom is 0.421 e. The highest BCUT2D eigenvalue weighted by atomic mass is 16.7. The van der Waals surface area contributed by atoms with Gasteiger partial charge in [-0.3, -0.25) is 34.3 Å². The Hall–Kier alpha value is -8.12. The summed E-state index contributed by atoms with van der Waals surface area (Å²) in [6, 6.07) is 40.7. The molecule has 6 atom stereocenters. The summed E-state index contributed by atoms with van der Waals surface area (Å²) in [5.41, 5.74) is 1.75. The Bertz CT molecular complexity index is 3040. The van der Waals surface area contributed by atoms with E-state index in [1.165, 1.54) is 24.3 Å². The minimum atomic E-state index is -2.00. The van der Waals surface area contributed by atoms with Crippen molar-refractivity contribution >= 4 is 35.3 Å². The number of nitrogens with zero attached hydrogens (tertiary/aromatic N) is 5. The van der Waals surface area contributed by atoms with Gasteiger partial charge in [-0.15, -0.1) is 0 Å². The average molecular weight is 972 g/mol. The molecule has 0 unspecified atom stereocenters. The summed E-state index contributed by atoms with van der Waals surface area (Å²) in [4.78, 5) is 80.7. The highest BCUT2D eigenvalue weighted by Gasteiger charge is 2.76. The minimum absolute atomic E-state index is 0.0292. The predicted molar refractivity (Wildman–Crippen MR) is 259 cm³/mol. The Morgan fingerprint density at radius 3 is 2.15 bits per heavy atom. The summed E-state index contributed by atoms with van der Waals surface area (Å²) in [7, 11) is 0. The lowest BCUT2D eigenvalue weighted by atomic mass is 9.65. The number of cyclic esters (lactones) is 1. The lowest BCUT2D eigenvalue weighted by Gasteiger charge is -2.46. The van der Waals surface area contributed by atoms with Crippen LogP contribution in [-0.4, -0.2) is 101 Å². The fourth-order valence-electron chi connectivity index (χ4n) is 11.3. The number of amides is 3. The number of esters is 1. The molecule has 0 radical (unpaired) electrons. The van der Waals surface area contributed by atoms with Crippen LogP contribution in [0.1, 0.15) is 51.6 Å². The van der Waals surface area contributed by atoms with Gasteiger partial charge in [-0.2, -0.15) is 0 Å². The van der Waals surface area contributed by atoms with Crippen molar-refractivity contribution in [2.75, 3.05) is 51.1 Å². The van der Waals surface area contributed by atoms with Gasteiger partial charge in [0.1, 0.15) is 36.5 Å². The summed E-state index contributed by atoms with van der Waals surface area (Å²) < 4.78 is 29.7. The fraction of sp³-hybridized carbons (Fsp3) is 0.273. The van der Waals surface area contributed by atoms with Crippen molar-refractivity contribution in [1.29, 1.82) is 0 Å². The monoisotopic (exact) mass is 971 g/mol. The zero-order valence-electron chi connectivity index (χ0n) is 38.9. The quantitative estimate of drug-likeness (QED) is 0.0746. The normalized spacial score (nSPS) is 23.4. The zero-order valence-corrected chi connectivity index (χ0v) is 38.9. The predicted octanol–water partition coefficient (Wildman–Crippen LogP) is 7.04. The largest absolute Gasteiger partial charge is 0.491 e. The van der Waals surface area contributed by atoms with Crippen molar-refractivity contribution in [1.82, 2.24) is 14.7 Å². The van der Waals surface area contributed by atoms with Crippen molar-refractivity contribution in [2.45, 2.75) is 42.8 Å². The van der Waals surface area contributed by atoms with E-state index in [2.05, 4.69) is 4.90 Å². The van der Waals surface area contributed by atoms with E-state index in [9.17, 15) is 20.0 Å². The second kappa shape index (κ2) is 19.2. The van der Waals surface area contributed by atoms with Gasteiger partial charge < -0.3 is 33.7 Å². The molecule has 11 rings (SSSR count). The number of rotatable bonds is 12. The maximum absolute atomic E-state index is 16.5. The van der Waals surface area contributed by atoms with Crippen LogP contribution < -0.4 is 19.1 Å². The Morgan fingerprint density at radius 1 is 0.736 bits per heavy atom. The number of fused-ring (bicyclic) bond motifs is 4. The molecule has 1 N–H and O–H groups in total. The number of morpholine rings is 1. The summed E-state index contributed by atoms with van der Waals surface area (Å²) in [5, 5.41) is 21.2. The van der Waals surface area contributed by atoms with Gasteiger partial charge in [0, 0.05) is 44.9 Å². The van der Waals surface area contributed by atoms with Crippen LogP contribution >= 0.6 is 0 Å². The van der Waals surface area contributed by atoms with E-state index in [0.29, 0.717) is 59.1 Å². The maximum atomic E-state index is 16.5.